The van der Waals surface area contributed by atoms with Crippen molar-refractivity contribution in [2.24, 2.45) is 0 Å². The maximum atomic E-state index is 13.3. The molecule has 1 aromatic carbocycles. The molecule has 4 heterocycles. The summed E-state index contributed by atoms with van der Waals surface area (Å²) in [6.07, 6.45) is 13.3. The van der Waals surface area contributed by atoms with Crippen LogP contribution in [0.4, 0.5) is 0 Å². The molecule has 0 unspecified atom stereocenters. The van der Waals surface area contributed by atoms with Crippen LogP contribution in [0.2, 0.25) is 0 Å². The fourth-order valence-corrected chi connectivity index (χ4v) is 4.03. The first-order valence-electron chi connectivity index (χ1n) is 10.8. The Morgan fingerprint density at radius 2 is 1.73 bits per heavy atom. The topological polar surface area (TPSA) is 94.0 Å². The average molecular weight is 438 g/mol. The van der Waals surface area contributed by atoms with Crippen molar-refractivity contribution in [3.05, 3.63) is 91.2 Å². The minimum atomic E-state index is -0.0553. The van der Waals surface area contributed by atoms with Crippen molar-refractivity contribution in [1.29, 1.82) is 0 Å². The minimum Gasteiger partial charge on any atom is -0.437 e. The number of likely N-dealkylation sites (tertiary alicyclic amines) is 1. The predicted molar refractivity (Wildman–Crippen MR) is 122 cm³/mol. The van der Waals surface area contributed by atoms with Crippen LogP contribution in [-0.4, -0.2) is 48.8 Å². The molecular formula is C25H22N6O2. The second-order valence-corrected chi connectivity index (χ2v) is 7.84. The summed E-state index contributed by atoms with van der Waals surface area (Å²) in [4.78, 5) is 36.5. The highest BCUT2D eigenvalue weighted by Gasteiger charge is 2.29. The first kappa shape index (κ1) is 20.7. The highest BCUT2D eigenvalue weighted by molar-refractivity contribution is 5.95. The Morgan fingerprint density at radius 1 is 0.939 bits per heavy atom. The molecule has 3 aromatic heterocycles. The molecule has 1 saturated heterocycles. The zero-order chi connectivity index (χ0) is 22.5. The Hall–Kier alpha value is -4.20. The summed E-state index contributed by atoms with van der Waals surface area (Å²) < 4.78 is 6.01. The number of ether oxygens (including phenoxy) is 1. The van der Waals surface area contributed by atoms with Gasteiger partial charge in [-0.1, -0.05) is 18.2 Å². The van der Waals surface area contributed by atoms with Crippen molar-refractivity contribution in [2.45, 2.75) is 18.8 Å². The Balaban J connectivity index is 1.35. The van der Waals surface area contributed by atoms with E-state index in [0.29, 0.717) is 30.3 Å². The molecule has 0 radical (unpaired) electrons. The van der Waals surface area contributed by atoms with E-state index >= 15 is 0 Å². The van der Waals surface area contributed by atoms with Gasteiger partial charge >= 0.3 is 0 Å². The van der Waals surface area contributed by atoms with Gasteiger partial charge in [-0.3, -0.25) is 14.8 Å². The van der Waals surface area contributed by atoms with Crippen LogP contribution in [0.25, 0.3) is 11.1 Å². The van der Waals surface area contributed by atoms with Crippen LogP contribution in [0.3, 0.4) is 0 Å². The Morgan fingerprint density at radius 3 is 2.58 bits per heavy atom. The van der Waals surface area contributed by atoms with Crippen molar-refractivity contribution < 1.29 is 9.53 Å². The summed E-state index contributed by atoms with van der Waals surface area (Å²) in [6, 6.07) is 11.4. The first-order valence-corrected chi connectivity index (χ1v) is 10.8. The van der Waals surface area contributed by atoms with Gasteiger partial charge in [0.05, 0.1) is 5.56 Å². The van der Waals surface area contributed by atoms with E-state index in [-0.39, 0.29) is 11.8 Å². The van der Waals surface area contributed by atoms with Crippen LogP contribution < -0.4 is 4.74 Å². The Bertz CT molecular complexity index is 1240. The van der Waals surface area contributed by atoms with Crippen LogP contribution in [0.15, 0.2) is 79.9 Å². The molecule has 1 aliphatic rings. The number of hydrogen-bond acceptors (Lipinski definition) is 7. The summed E-state index contributed by atoms with van der Waals surface area (Å²) >= 11 is 0. The lowest BCUT2D eigenvalue weighted by molar-refractivity contribution is 0.0704. The van der Waals surface area contributed by atoms with E-state index in [1.165, 1.54) is 6.33 Å². The number of carbonyl (C=O) groups is 1. The lowest BCUT2D eigenvalue weighted by atomic mass is 9.94. The molecule has 1 fully saturated rings. The number of nitrogens with zero attached hydrogens (tertiary/aromatic N) is 6. The Kier molecular flexibility index (Phi) is 5.97. The number of piperidine rings is 1. The van der Waals surface area contributed by atoms with E-state index in [1.807, 2.05) is 41.3 Å². The normalized spacial score (nSPS) is 15.8. The van der Waals surface area contributed by atoms with Gasteiger partial charge in [-0.05, 0) is 31.0 Å². The molecular weight excluding hydrogens is 416 g/mol. The highest BCUT2D eigenvalue weighted by atomic mass is 16.5. The van der Waals surface area contributed by atoms with E-state index in [9.17, 15) is 4.79 Å². The molecule has 0 aliphatic carbocycles. The fraction of sp³-hybridized carbons (Fsp3) is 0.200. The van der Waals surface area contributed by atoms with Crippen LogP contribution in [0.1, 0.15) is 34.8 Å². The van der Waals surface area contributed by atoms with Crippen molar-refractivity contribution in [3.8, 4) is 22.8 Å². The number of carbonyl (C=O) groups excluding carboxylic acids is 1. The molecule has 5 rings (SSSR count). The third kappa shape index (κ3) is 4.69. The van der Waals surface area contributed by atoms with Crippen molar-refractivity contribution in [2.75, 3.05) is 13.1 Å². The monoisotopic (exact) mass is 438 g/mol. The van der Waals surface area contributed by atoms with Crippen LogP contribution in [-0.2, 0) is 0 Å². The number of hydrogen-bond donors (Lipinski definition) is 0. The first-order chi connectivity index (χ1) is 16.3. The Labute approximate surface area is 191 Å². The zero-order valence-corrected chi connectivity index (χ0v) is 17.9. The lowest BCUT2D eigenvalue weighted by Gasteiger charge is -2.32. The summed E-state index contributed by atoms with van der Waals surface area (Å²) in [5.74, 6) is 1.17. The quantitative estimate of drug-likeness (QED) is 0.462. The summed E-state index contributed by atoms with van der Waals surface area (Å²) in [5.41, 5.74) is 2.94. The third-order valence-electron chi connectivity index (χ3n) is 5.62. The molecule has 0 N–H and O–H groups in total. The van der Waals surface area contributed by atoms with Gasteiger partial charge in [0.25, 0.3) is 5.91 Å². The smallest absolute Gasteiger partial charge is 0.255 e. The summed E-state index contributed by atoms with van der Waals surface area (Å²) in [6.45, 7) is 1.23. The third-order valence-corrected chi connectivity index (χ3v) is 5.62. The van der Waals surface area contributed by atoms with E-state index in [1.54, 1.807) is 37.2 Å². The minimum absolute atomic E-state index is 0.0359. The number of pyridine rings is 1. The maximum absolute atomic E-state index is 13.3. The van der Waals surface area contributed by atoms with Crippen LogP contribution in [0.5, 0.6) is 11.6 Å². The molecule has 1 atom stereocenters. The summed E-state index contributed by atoms with van der Waals surface area (Å²) in [5, 5.41) is 0. The molecule has 1 amide bonds. The van der Waals surface area contributed by atoms with Crippen molar-refractivity contribution in [1.82, 2.24) is 29.8 Å². The molecule has 8 nitrogen and oxygen atoms in total. The van der Waals surface area contributed by atoms with E-state index in [2.05, 4.69) is 24.9 Å². The molecule has 164 valence electrons. The number of amides is 1. The largest absolute Gasteiger partial charge is 0.437 e. The van der Waals surface area contributed by atoms with Crippen molar-refractivity contribution in [3.63, 3.8) is 0 Å². The SMILES string of the molecule is O=C(c1cncc(-c2cncnc2)c1)N1CCC[C@@H](c2nccnc2Oc2ccccc2)C1. The number of benzene rings is 1. The van der Waals surface area contributed by atoms with Crippen LogP contribution >= 0.6 is 0 Å². The maximum Gasteiger partial charge on any atom is 0.255 e. The van der Waals surface area contributed by atoms with Crippen molar-refractivity contribution >= 4 is 5.91 Å². The van der Waals surface area contributed by atoms with Crippen LogP contribution in [0, 0.1) is 0 Å². The number of rotatable bonds is 5. The van der Waals surface area contributed by atoms with E-state index < -0.39 is 0 Å². The molecule has 0 saturated carbocycles. The van der Waals surface area contributed by atoms with E-state index in [0.717, 1.165) is 29.7 Å². The summed E-state index contributed by atoms with van der Waals surface area (Å²) in [7, 11) is 0. The predicted octanol–water partition coefficient (Wildman–Crippen LogP) is 4.14. The molecule has 1 aliphatic heterocycles. The standard InChI is InChI=1S/C25H22N6O2/c32-25(20-11-19(12-26-13-20)21-14-27-17-28-15-21)31-10-4-5-18(16-31)23-24(30-9-8-29-23)33-22-6-2-1-3-7-22/h1-3,6-9,11-15,17-18H,4-5,10,16H2/t18-/m1/s1. The van der Waals surface area contributed by atoms with Gasteiger partial charge in [-0.25, -0.2) is 15.0 Å². The van der Waals surface area contributed by atoms with Gasteiger partial charge in [0, 0.05) is 67.3 Å². The van der Waals surface area contributed by atoms with Gasteiger partial charge in [0.15, 0.2) is 0 Å². The lowest BCUT2D eigenvalue weighted by Crippen LogP contribution is -2.39. The highest BCUT2D eigenvalue weighted by Crippen LogP contribution is 2.33. The molecule has 8 heteroatoms. The van der Waals surface area contributed by atoms with E-state index in [4.69, 9.17) is 4.74 Å². The fourth-order valence-electron chi connectivity index (χ4n) is 4.03. The van der Waals surface area contributed by atoms with Gasteiger partial charge in [-0.15, -0.1) is 0 Å². The molecule has 0 bridgehead atoms. The zero-order valence-electron chi connectivity index (χ0n) is 17.9. The molecule has 33 heavy (non-hydrogen) atoms. The second kappa shape index (κ2) is 9.52. The number of para-hydroxylation sites is 1. The molecule has 0 spiro atoms. The van der Waals surface area contributed by atoms with Gasteiger partial charge < -0.3 is 9.64 Å². The average Bonchev–Trinajstić information content (AvgIpc) is 2.90. The number of aromatic nitrogens is 5. The molecule has 4 aromatic rings. The van der Waals surface area contributed by atoms with Gasteiger partial charge in [0.2, 0.25) is 5.88 Å². The van der Waals surface area contributed by atoms with Gasteiger partial charge in [0.1, 0.15) is 17.8 Å². The second-order valence-electron chi connectivity index (χ2n) is 7.84. The van der Waals surface area contributed by atoms with Gasteiger partial charge in [-0.2, -0.15) is 0 Å².